The summed E-state index contributed by atoms with van der Waals surface area (Å²) in [6, 6.07) is 0.0437. The molecule has 9 heteroatoms. The Kier molecular flexibility index (Phi) is 4.41. The van der Waals surface area contributed by atoms with Gasteiger partial charge in [-0.05, 0) is 14.0 Å². The molecule has 0 aromatic carbocycles. The lowest BCUT2D eigenvalue weighted by Gasteiger charge is -2.33. The summed E-state index contributed by atoms with van der Waals surface area (Å²) in [6.07, 6.45) is 1.32. The van der Waals surface area contributed by atoms with Gasteiger partial charge in [0.25, 0.3) is 0 Å². The summed E-state index contributed by atoms with van der Waals surface area (Å²) < 4.78 is 28.1. The molecule has 108 valence electrons. The standard InChI is InChI=1S/C10H18N4O3S2/c1-7(8-6-14(2)3-4-17-8)13-10-12-5-9(18-10)19(11,15)16/h5,7-8H,3-4,6H2,1-2H3,(H,12,13)(H2,11,15,16). The number of primary sulfonamides is 1. The number of thiazole rings is 1. The summed E-state index contributed by atoms with van der Waals surface area (Å²) >= 11 is 1.03. The lowest BCUT2D eigenvalue weighted by atomic mass is 10.1. The van der Waals surface area contributed by atoms with Crippen molar-refractivity contribution in [1.82, 2.24) is 9.88 Å². The molecule has 0 aliphatic carbocycles. The number of nitrogens with one attached hydrogen (secondary N) is 1. The lowest BCUT2D eigenvalue weighted by Crippen LogP contribution is -2.47. The number of hydrogen-bond acceptors (Lipinski definition) is 7. The molecule has 2 unspecified atom stereocenters. The number of morpholine rings is 1. The SMILES string of the molecule is CC(Nc1ncc(S(N)(=O)=O)s1)C1CN(C)CCO1. The molecular weight excluding hydrogens is 288 g/mol. The third kappa shape index (κ3) is 3.86. The minimum Gasteiger partial charge on any atom is -0.373 e. The normalized spacial score (nSPS) is 23.2. The van der Waals surface area contributed by atoms with Crippen molar-refractivity contribution in [1.29, 1.82) is 0 Å². The minimum atomic E-state index is -3.67. The maximum Gasteiger partial charge on any atom is 0.249 e. The Balaban J connectivity index is 1.99. The van der Waals surface area contributed by atoms with Gasteiger partial charge in [-0.15, -0.1) is 0 Å². The number of anilines is 1. The predicted molar refractivity (Wildman–Crippen MR) is 73.8 cm³/mol. The highest BCUT2D eigenvalue weighted by Crippen LogP contribution is 2.23. The Labute approximate surface area is 116 Å². The molecule has 1 fully saturated rings. The van der Waals surface area contributed by atoms with Gasteiger partial charge < -0.3 is 15.0 Å². The van der Waals surface area contributed by atoms with Crippen molar-refractivity contribution in [3.8, 4) is 0 Å². The van der Waals surface area contributed by atoms with E-state index < -0.39 is 10.0 Å². The Hall–Kier alpha value is -0.740. The van der Waals surface area contributed by atoms with Crippen molar-refractivity contribution in [3.63, 3.8) is 0 Å². The highest BCUT2D eigenvalue weighted by atomic mass is 32.2. The van der Waals surface area contributed by atoms with Gasteiger partial charge in [-0.2, -0.15) is 0 Å². The van der Waals surface area contributed by atoms with Crippen LogP contribution in [0.4, 0.5) is 5.13 Å². The van der Waals surface area contributed by atoms with Gasteiger partial charge in [0.05, 0.1) is 24.9 Å². The highest BCUT2D eigenvalue weighted by molar-refractivity contribution is 7.91. The van der Waals surface area contributed by atoms with Crippen LogP contribution in [-0.4, -0.2) is 57.2 Å². The Bertz CT molecular complexity index is 531. The molecule has 0 saturated carbocycles. The van der Waals surface area contributed by atoms with E-state index in [4.69, 9.17) is 9.88 Å². The molecule has 0 amide bonds. The zero-order valence-electron chi connectivity index (χ0n) is 10.9. The fourth-order valence-electron chi connectivity index (χ4n) is 1.86. The summed E-state index contributed by atoms with van der Waals surface area (Å²) in [5, 5.41) is 8.74. The van der Waals surface area contributed by atoms with Gasteiger partial charge in [0.15, 0.2) is 9.34 Å². The van der Waals surface area contributed by atoms with E-state index in [1.165, 1.54) is 6.20 Å². The van der Waals surface area contributed by atoms with Crippen LogP contribution in [0.15, 0.2) is 10.4 Å². The summed E-state index contributed by atoms with van der Waals surface area (Å²) in [5.41, 5.74) is 0. The van der Waals surface area contributed by atoms with Crippen LogP contribution in [0.1, 0.15) is 6.92 Å². The molecule has 3 N–H and O–H groups in total. The number of rotatable bonds is 4. The highest BCUT2D eigenvalue weighted by Gasteiger charge is 2.24. The smallest absolute Gasteiger partial charge is 0.249 e. The molecule has 1 aromatic heterocycles. The molecule has 2 atom stereocenters. The van der Waals surface area contributed by atoms with Crippen molar-refractivity contribution in [2.24, 2.45) is 5.14 Å². The van der Waals surface area contributed by atoms with Crippen LogP contribution in [0.3, 0.4) is 0 Å². The first-order valence-electron chi connectivity index (χ1n) is 5.91. The van der Waals surface area contributed by atoms with E-state index in [0.717, 1.165) is 24.4 Å². The fourth-order valence-corrected chi connectivity index (χ4v) is 3.41. The molecule has 0 bridgehead atoms. The van der Waals surface area contributed by atoms with Crippen LogP contribution in [0.2, 0.25) is 0 Å². The minimum absolute atomic E-state index is 0.0437. The van der Waals surface area contributed by atoms with Crippen molar-refractivity contribution in [3.05, 3.63) is 6.20 Å². The lowest BCUT2D eigenvalue weighted by molar-refractivity contribution is -0.0259. The van der Waals surface area contributed by atoms with Gasteiger partial charge in [-0.1, -0.05) is 11.3 Å². The van der Waals surface area contributed by atoms with Crippen LogP contribution in [0.5, 0.6) is 0 Å². The third-order valence-electron chi connectivity index (χ3n) is 2.97. The number of nitrogens with two attached hydrogens (primary N) is 1. The van der Waals surface area contributed by atoms with Crippen LogP contribution in [-0.2, 0) is 14.8 Å². The molecule has 7 nitrogen and oxygen atoms in total. The summed E-state index contributed by atoms with van der Waals surface area (Å²) in [7, 11) is -1.63. The molecule has 0 radical (unpaired) electrons. The van der Waals surface area contributed by atoms with E-state index in [-0.39, 0.29) is 16.4 Å². The second-order valence-corrected chi connectivity index (χ2v) is 7.45. The van der Waals surface area contributed by atoms with Crippen LogP contribution < -0.4 is 10.5 Å². The summed E-state index contributed by atoms with van der Waals surface area (Å²) in [5.74, 6) is 0. The molecule has 1 aliphatic heterocycles. The quantitative estimate of drug-likeness (QED) is 0.807. The largest absolute Gasteiger partial charge is 0.373 e. The van der Waals surface area contributed by atoms with Gasteiger partial charge >= 0.3 is 0 Å². The number of likely N-dealkylation sites (N-methyl/N-ethyl adjacent to an activating group) is 1. The van der Waals surface area contributed by atoms with Gasteiger partial charge in [0.2, 0.25) is 10.0 Å². The monoisotopic (exact) mass is 306 g/mol. The van der Waals surface area contributed by atoms with E-state index in [1.54, 1.807) is 0 Å². The Morgan fingerprint density at radius 2 is 2.42 bits per heavy atom. The van der Waals surface area contributed by atoms with Crippen LogP contribution >= 0.6 is 11.3 Å². The van der Waals surface area contributed by atoms with E-state index >= 15 is 0 Å². The first-order valence-corrected chi connectivity index (χ1v) is 8.28. The van der Waals surface area contributed by atoms with E-state index in [0.29, 0.717) is 11.7 Å². The first-order chi connectivity index (χ1) is 8.86. The van der Waals surface area contributed by atoms with Crippen molar-refractivity contribution < 1.29 is 13.2 Å². The molecular formula is C10H18N4O3S2. The maximum atomic E-state index is 11.2. The number of aromatic nitrogens is 1. The van der Waals surface area contributed by atoms with E-state index in [2.05, 4.69) is 15.2 Å². The Morgan fingerprint density at radius 3 is 3.00 bits per heavy atom. The number of hydrogen-bond donors (Lipinski definition) is 2. The average Bonchev–Trinajstić information content (AvgIpc) is 2.77. The summed E-state index contributed by atoms with van der Waals surface area (Å²) in [6.45, 7) is 4.45. The van der Waals surface area contributed by atoms with Gasteiger partial charge in [0.1, 0.15) is 0 Å². The Morgan fingerprint density at radius 1 is 1.68 bits per heavy atom. The topological polar surface area (TPSA) is 97.5 Å². The second kappa shape index (κ2) is 5.71. The van der Waals surface area contributed by atoms with Gasteiger partial charge in [0, 0.05) is 13.1 Å². The van der Waals surface area contributed by atoms with Crippen LogP contribution in [0.25, 0.3) is 0 Å². The fraction of sp³-hybridized carbons (Fsp3) is 0.700. The molecule has 2 rings (SSSR count). The molecule has 19 heavy (non-hydrogen) atoms. The third-order valence-corrected chi connectivity index (χ3v) is 5.31. The molecule has 1 aromatic rings. The zero-order chi connectivity index (χ0) is 14.0. The van der Waals surface area contributed by atoms with Crippen LogP contribution in [0, 0.1) is 0 Å². The first kappa shape index (κ1) is 14.7. The number of ether oxygens (including phenoxy) is 1. The molecule has 1 saturated heterocycles. The molecule has 1 aliphatic rings. The van der Waals surface area contributed by atoms with Crippen molar-refractivity contribution in [2.75, 3.05) is 32.1 Å². The molecule has 2 heterocycles. The predicted octanol–water partition coefficient (Wildman–Crippen LogP) is -0.0785. The average molecular weight is 306 g/mol. The molecule has 0 spiro atoms. The van der Waals surface area contributed by atoms with Gasteiger partial charge in [-0.3, -0.25) is 0 Å². The van der Waals surface area contributed by atoms with Crippen molar-refractivity contribution >= 4 is 26.5 Å². The second-order valence-electron chi connectivity index (χ2n) is 4.63. The van der Waals surface area contributed by atoms with E-state index in [9.17, 15) is 8.42 Å². The maximum absolute atomic E-state index is 11.2. The summed E-state index contributed by atoms with van der Waals surface area (Å²) in [4.78, 5) is 6.21. The van der Waals surface area contributed by atoms with Gasteiger partial charge in [-0.25, -0.2) is 18.5 Å². The van der Waals surface area contributed by atoms with Crippen molar-refractivity contribution in [2.45, 2.75) is 23.3 Å². The number of nitrogens with zero attached hydrogens (tertiary/aromatic N) is 2. The van der Waals surface area contributed by atoms with E-state index in [1.807, 2.05) is 14.0 Å². The zero-order valence-corrected chi connectivity index (χ0v) is 12.5. The number of sulfonamides is 1.